The van der Waals surface area contributed by atoms with Gasteiger partial charge in [-0.2, -0.15) is 0 Å². The van der Waals surface area contributed by atoms with Gasteiger partial charge in [-0.05, 0) is 47.2 Å². The minimum atomic E-state index is -0.316. The fraction of sp³-hybridized carbons (Fsp3) is 0.567. The van der Waals surface area contributed by atoms with Crippen molar-refractivity contribution in [3.8, 4) is 5.75 Å². The van der Waals surface area contributed by atoms with Crippen molar-refractivity contribution in [2.45, 2.75) is 110 Å². The standard InChI is InChI=1S/C30H43Cl2NO2/c1-5-6-7-8-9-10-11-12-13-14-15-26(22-16-17-28(34)27(18-22)30(2,3)4)29(35)33-25-20-23(31)19-24(32)21-25/h16-21,26,34H,5-15H2,1-4H3,(H,33,35). The van der Waals surface area contributed by atoms with Crippen molar-refractivity contribution in [2.24, 2.45) is 0 Å². The molecule has 0 spiro atoms. The smallest absolute Gasteiger partial charge is 0.231 e. The van der Waals surface area contributed by atoms with E-state index in [0.29, 0.717) is 15.7 Å². The lowest BCUT2D eigenvalue weighted by atomic mass is 9.82. The van der Waals surface area contributed by atoms with Crippen LogP contribution in [0.15, 0.2) is 36.4 Å². The number of anilines is 1. The lowest BCUT2D eigenvalue weighted by molar-refractivity contribution is -0.117. The lowest BCUT2D eigenvalue weighted by Gasteiger charge is -2.24. The van der Waals surface area contributed by atoms with Gasteiger partial charge in [0, 0.05) is 15.7 Å². The van der Waals surface area contributed by atoms with Crippen molar-refractivity contribution in [3.63, 3.8) is 0 Å². The molecule has 0 aliphatic carbocycles. The molecule has 3 nitrogen and oxygen atoms in total. The average molecular weight is 521 g/mol. The normalized spacial score (nSPS) is 12.5. The number of amides is 1. The Bertz CT molecular complexity index is 916. The third kappa shape index (κ3) is 10.4. The van der Waals surface area contributed by atoms with Crippen LogP contribution in [0.1, 0.15) is 115 Å². The summed E-state index contributed by atoms with van der Waals surface area (Å²) in [5.41, 5.74) is 2.14. The summed E-state index contributed by atoms with van der Waals surface area (Å²) in [7, 11) is 0. The molecule has 2 aromatic carbocycles. The van der Waals surface area contributed by atoms with Crippen molar-refractivity contribution in [1.82, 2.24) is 0 Å². The zero-order valence-corrected chi connectivity index (χ0v) is 23.4. The van der Waals surface area contributed by atoms with Crippen molar-refractivity contribution in [2.75, 3.05) is 5.32 Å². The quantitative estimate of drug-likeness (QED) is 0.244. The number of hydrogen-bond acceptors (Lipinski definition) is 2. The Morgan fingerprint density at radius 2 is 1.40 bits per heavy atom. The second-order valence-corrected chi connectivity index (χ2v) is 11.6. The van der Waals surface area contributed by atoms with Crippen molar-refractivity contribution >= 4 is 34.8 Å². The van der Waals surface area contributed by atoms with Crippen molar-refractivity contribution < 1.29 is 9.90 Å². The van der Waals surface area contributed by atoms with Gasteiger partial charge in [0.15, 0.2) is 0 Å². The molecule has 0 bridgehead atoms. The van der Waals surface area contributed by atoms with Crippen LogP contribution >= 0.6 is 23.2 Å². The first-order chi connectivity index (χ1) is 16.6. The molecular formula is C30H43Cl2NO2. The van der Waals surface area contributed by atoms with Crippen LogP contribution < -0.4 is 5.32 Å². The topological polar surface area (TPSA) is 49.3 Å². The van der Waals surface area contributed by atoms with E-state index >= 15 is 0 Å². The van der Waals surface area contributed by atoms with Crippen LogP contribution in [0.2, 0.25) is 10.0 Å². The van der Waals surface area contributed by atoms with Gasteiger partial charge in [-0.3, -0.25) is 4.79 Å². The number of unbranched alkanes of at least 4 members (excludes halogenated alkanes) is 9. The largest absolute Gasteiger partial charge is 0.508 e. The average Bonchev–Trinajstić information content (AvgIpc) is 2.76. The summed E-state index contributed by atoms with van der Waals surface area (Å²) in [6.45, 7) is 8.45. The molecule has 1 amide bonds. The summed E-state index contributed by atoms with van der Waals surface area (Å²) in [5, 5.41) is 14.4. The number of carbonyl (C=O) groups is 1. The van der Waals surface area contributed by atoms with Gasteiger partial charge in [0.2, 0.25) is 5.91 Å². The van der Waals surface area contributed by atoms with Gasteiger partial charge in [-0.1, -0.05) is 127 Å². The highest BCUT2D eigenvalue weighted by Gasteiger charge is 2.25. The predicted molar refractivity (Wildman–Crippen MR) is 151 cm³/mol. The van der Waals surface area contributed by atoms with Gasteiger partial charge >= 0.3 is 0 Å². The highest BCUT2D eigenvalue weighted by molar-refractivity contribution is 6.35. The van der Waals surface area contributed by atoms with Crippen LogP contribution in [0.4, 0.5) is 5.69 Å². The SMILES string of the molecule is CCCCCCCCCCCCC(C(=O)Nc1cc(Cl)cc(Cl)c1)c1ccc(O)c(C(C)(C)C)c1. The maximum Gasteiger partial charge on any atom is 0.231 e. The van der Waals surface area contributed by atoms with E-state index in [1.54, 1.807) is 24.3 Å². The first kappa shape index (κ1) is 29.5. The van der Waals surface area contributed by atoms with Crippen molar-refractivity contribution in [3.05, 3.63) is 57.6 Å². The number of aromatic hydroxyl groups is 1. The highest BCUT2D eigenvalue weighted by Crippen LogP contribution is 2.35. The summed E-state index contributed by atoms with van der Waals surface area (Å²) in [5.74, 6) is -0.130. The Labute approximate surface area is 222 Å². The van der Waals surface area contributed by atoms with Gasteiger partial charge in [0.25, 0.3) is 0 Å². The maximum atomic E-state index is 13.4. The third-order valence-electron chi connectivity index (χ3n) is 6.52. The van der Waals surface area contributed by atoms with Gasteiger partial charge in [0.1, 0.15) is 5.75 Å². The molecule has 0 saturated carbocycles. The Kier molecular flexibility index (Phi) is 12.4. The Morgan fingerprint density at radius 1 is 0.857 bits per heavy atom. The fourth-order valence-corrected chi connectivity index (χ4v) is 5.04. The highest BCUT2D eigenvalue weighted by atomic mass is 35.5. The maximum absolute atomic E-state index is 13.4. The Morgan fingerprint density at radius 3 is 1.94 bits per heavy atom. The number of nitrogens with one attached hydrogen (secondary N) is 1. The second-order valence-electron chi connectivity index (χ2n) is 10.7. The Hall–Kier alpha value is -1.71. The zero-order valence-electron chi connectivity index (χ0n) is 21.9. The predicted octanol–water partition coefficient (Wildman–Crippen LogP) is 10.0. The molecule has 35 heavy (non-hydrogen) atoms. The van der Waals surface area contributed by atoms with Gasteiger partial charge in [-0.15, -0.1) is 0 Å². The molecule has 0 aliphatic heterocycles. The number of rotatable bonds is 14. The summed E-state index contributed by atoms with van der Waals surface area (Å²) in [4.78, 5) is 13.4. The van der Waals surface area contributed by atoms with Gasteiger partial charge < -0.3 is 10.4 Å². The molecule has 0 heterocycles. The van der Waals surface area contributed by atoms with E-state index in [4.69, 9.17) is 23.2 Å². The number of hydrogen-bond donors (Lipinski definition) is 2. The number of phenols is 1. The number of phenolic OH excluding ortho intramolecular Hbond substituents is 1. The van der Waals surface area contributed by atoms with Crippen LogP contribution in [-0.2, 0) is 10.2 Å². The monoisotopic (exact) mass is 519 g/mol. The van der Waals surface area contributed by atoms with E-state index in [1.165, 1.54) is 51.4 Å². The molecule has 0 aromatic heterocycles. The minimum absolute atomic E-state index is 0.0789. The van der Waals surface area contributed by atoms with Gasteiger partial charge in [-0.25, -0.2) is 0 Å². The molecule has 0 aliphatic rings. The summed E-state index contributed by atoms with van der Waals surface area (Å²) < 4.78 is 0. The molecule has 1 atom stereocenters. The van der Waals surface area contributed by atoms with E-state index in [9.17, 15) is 9.90 Å². The lowest BCUT2D eigenvalue weighted by Crippen LogP contribution is -2.22. The molecule has 194 valence electrons. The zero-order chi connectivity index (χ0) is 25.8. The molecule has 5 heteroatoms. The van der Waals surface area contributed by atoms with E-state index < -0.39 is 0 Å². The van der Waals surface area contributed by atoms with E-state index in [2.05, 4.69) is 33.0 Å². The van der Waals surface area contributed by atoms with E-state index in [-0.39, 0.29) is 23.0 Å². The molecule has 0 saturated heterocycles. The van der Waals surface area contributed by atoms with Crippen LogP contribution in [0.3, 0.4) is 0 Å². The molecule has 2 rings (SSSR count). The molecule has 0 fully saturated rings. The van der Waals surface area contributed by atoms with Crippen LogP contribution in [0.25, 0.3) is 0 Å². The first-order valence-electron chi connectivity index (χ1n) is 13.2. The number of benzene rings is 2. The summed E-state index contributed by atoms with van der Waals surface area (Å²) >= 11 is 12.3. The van der Waals surface area contributed by atoms with Crippen LogP contribution in [-0.4, -0.2) is 11.0 Å². The summed E-state index contributed by atoms with van der Waals surface area (Å²) in [6.07, 6.45) is 13.3. The Balaban J connectivity index is 2.05. The van der Waals surface area contributed by atoms with Gasteiger partial charge in [0.05, 0.1) is 5.92 Å². The minimum Gasteiger partial charge on any atom is -0.508 e. The van der Waals surface area contributed by atoms with Crippen LogP contribution in [0.5, 0.6) is 5.75 Å². The van der Waals surface area contributed by atoms with E-state index in [0.717, 1.165) is 30.4 Å². The molecule has 2 aromatic rings. The number of halogens is 2. The molecular weight excluding hydrogens is 477 g/mol. The number of carbonyl (C=O) groups excluding carboxylic acids is 1. The molecule has 1 unspecified atom stereocenters. The van der Waals surface area contributed by atoms with Crippen LogP contribution in [0, 0.1) is 0 Å². The second kappa shape index (κ2) is 14.8. The summed E-state index contributed by atoms with van der Waals surface area (Å²) in [6, 6.07) is 10.6. The molecule has 2 N–H and O–H groups in total. The van der Waals surface area contributed by atoms with E-state index in [1.807, 2.05) is 12.1 Å². The third-order valence-corrected chi connectivity index (χ3v) is 6.96. The first-order valence-corrected chi connectivity index (χ1v) is 14.0. The molecule has 0 radical (unpaired) electrons. The fourth-order valence-electron chi connectivity index (χ4n) is 4.51. The van der Waals surface area contributed by atoms with Crippen molar-refractivity contribution in [1.29, 1.82) is 0 Å².